The first kappa shape index (κ1) is 21.9. The lowest BCUT2D eigenvalue weighted by Crippen LogP contribution is -2.53. The number of nitrogens with zero attached hydrogens (tertiary/aromatic N) is 2. The lowest BCUT2D eigenvalue weighted by molar-refractivity contribution is -0.104. The summed E-state index contributed by atoms with van der Waals surface area (Å²) >= 11 is 2.06. The topological polar surface area (TPSA) is 111 Å². The zero-order chi connectivity index (χ0) is 21.4. The van der Waals surface area contributed by atoms with Crippen molar-refractivity contribution in [2.24, 2.45) is 0 Å². The second kappa shape index (κ2) is 8.16. The number of nitriles is 1. The number of rotatable bonds is 5. The highest BCUT2D eigenvalue weighted by atomic mass is 127. The van der Waals surface area contributed by atoms with Crippen LogP contribution in [0.2, 0.25) is 0 Å². The quantitative estimate of drug-likeness (QED) is 0.570. The van der Waals surface area contributed by atoms with Crippen LogP contribution in [-0.4, -0.2) is 53.8 Å². The second-order valence-electron chi connectivity index (χ2n) is 6.78. The fourth-order valence-corrected chi connectivity index (χ4v) is 4.94. The van der Waals surface area contributed by atoms with Gasteiger partial charge in [-0.05, 0) is 65.9 Å². The molecule has 0 bridgehead atoms. The van der Waals surface area contributed by atoms with Gasteiger partial charge in [0.2, 0.25) is 10.0 Å². The highest BCUT2D eigenvalue weighted by Gasteiger charge is 2.53. The Kier molecular flexibility index (Phi) is 6.16. The number of aliphatic hydroxyl groups is 2. The van der Waals surface area contributed by atoms with Gasteiger partial charge in [0.15, 0.2) is 0 Å². The van der Waals surface area contributed by atoms with Crippen LogP contribution in [0.5, 0.6) is 5.75 Å². The van der Waals surface area contributed by atoms with Crippen LogP contribution in [0, 0.1) is 20.7 Å². The zero-order valence-corrected chi connectivity index (χ0v) is 18.3. The van der Waals surface area contributed by atoms with Gasteiger partial charge in [-0.1, -0.05) is 0 Å². The molecule has 154 valence electrons. The lowest BCUT2D eigenvalue weighted by Gasteiger charge is -2.31. The maximum Gasteiger partial charge on any atom is 0.243 e. The van der Waals surface area contributed by atoms with Crippen molar-refractivity contribution in [3.63, 3.8) is 0 Å². The maximum absolute atomic E-state index is 13.9. The number of sulfonamides is 1. The Hall–Kier alpha value is -1.78. The number of hydrogen-bond donors (Lipinski definition) is 2. The Morgan fingerprint density at radius 1 is 1.34 bits per heavy atom. The summed E-state index contributed by atoms with van der Waals surface area (Å²) in [6, 6.07) is 11.5. The van der Waals surface area contributed by atoms with Gasteiger partial charge in [0, 0.05) is 16.2 Å². The monoisotopic (exact) mass is 532 g/mol. The van der Waals surface area contributed by atoms with Gasteiger partial charge in [-0.15, -0.1) is 0 Å². The van der Waals surface area contributed by atoms with Crippen LogP contribution in [-0.2, 0) is 10.0 Å². The van der Waals surface area contributed by atoms with E-state index in [4.69, 9.17) is 10.00 Å². The van der Waals surface area contributed by atoms with Gasteiger partial charge in [0.05, 0.1) is 23.1 Å². The molecule has 3 rings (SSSR count). The molecule has 0 radical (unpaired) electrons. The number of aliphatic hydroxyl groups excluding tert-OH is 1. The van der Waals surface area contributed by atoms with E-state index in [9.17, 15) is 23.0 Å². The molecular formula is C19H18FIN2O5S. The molecule has 0 amide bonds. The van der Waals surface area contributed by atoms with E-state index in [-0.39, 0.29) is 29.3 Å². The molecule has 1 saturated heterocycles. The minimum absolute atomic E-state index is 0.0130. The second-order valence-corrected chi connectivity index (χ2v) is 9.96. The SMILES string of the molecule is C[C@@H](O)[C@]1(O)CN(S(=O)(=O)c2ccc(I)cc2)C[C@@H]1Oc1ccc(C#N)c(F)c1. The summed E-state index contributed by atoms with van der Waals surface area (Å²) < 4.78 is 47.4. The third kappa shape index (κ3) is 4.24. The molecule has 0 spiro atoms. The molecule has 1 heterocycles. The number of ether oxygens (including phenoxy) is 1. The minimum atomic E-state index is -3.94. The zero-order valence-electron chi connectivity index (χ0n) is 15.3. The van der Waals surface area contributed by atoms with Crippen LogP contribution in [0.25, 0.3) is 0 Å². The smallest absolute Gasteiger partial charge is 0.243 e. The van der Waals surface area contributed by atoms with Crippen molar-refractivity contribution in [1.82, 2.24) is 4.31 Å². The van der Waals surface area contributed by atoms with Crippen molar-refractivity contribution < 1.29 is 27.8 Å². The molecule has 0 aliphatic carbocycles. The van der Waals surface area contributed by atoms with Crippen LogP contribution >= 0.6 is 22.6 Å². The first-order valence-electron chi connectivity index (χ1n) is 8.60. The molecule has 2 N–H and O–H groups in total. The van der Waals surface area contributed by atoms with Crippen LogP contribution in [0.3, 0.4) is 0 Å². The van der Waals surface area contributed by atoms with Gasteiger partial charge < -0.3 is 14.9 Å². The van der Waals surface area contributed by atoms with Crippen LogP contribution in [0.4, 0.5) is 4.39 Å². The largest absolute Gasteiger partial charge is 0.486 e. The van der Waals surface area contributed by atoms with E-state index < -0.39 is 33.6 Å². The molecule has 3 atom stereocenters. The van der Waals surface area contributed by atoms with Gasteiger partial charge in [0.25, 0.3) is 0 Å². The number of β-amino-alcohol motifs (C(OH)–C–C–N with tert-alkyl or cyclic N) is 1. The van der Waals surface area contributed by atoms with Crippen LogP contribution in [0.1, 0.15) is 12.5 Å². The first-order valence-corrected chi connectivity index (χ1v) is 11.1. The molecule has 1 aliphatic rings. The highest BCUT2D eigenvalue weighted by molar-refractivity contribution is 14.1. The Balaban J connectivity index is 1.90. The van der Waals surface area contributed by atoms with E-state index in [0.717, 1.165) is 13.9 Å². The Morgan fingerprint density at radius 2 is 2.00 bits per heavy atom. The molecule has 2 aromatic rings. The van der Waals surface area contributed by atoms with Crippen LogP contribution in [0.15, 0.2) is 47.4 Å². The molecule has 0 unspecified atom stereocenters. The normalized spacial score (nSPS) is 23.5. The summed E-state index contributed by atoms with van der Waals surface area (Å²) in [4.78, 5) is 0.0518. The summed E-state index contributed by atoms with van der Waals surface area (Å²) in [7, 11) is -3.94. The maximum atomic E-state index is 13.9. The molecule has 1 aliphatic heterocycles. The van der Waals surface area contributed by atoms with Crippen molar-refractivity contribution in [1.29, 1.82) is 5.26 Å². The third-order valence-electron chi connectivity index (χ3n) is 4.87. The number of halogens is 2. The Bertz CT molecular complexity index is 1060. The first-order chi connectivity index (χ1) is 13.6. The van der Waals surface area contributed by atoms with Gasteiger partial charge in [0.1, 0.15) is 29.3 Å². The summed E-state index contributed by atoms with van der Waals surface area (Å²) in [6.07, 6.45) is -2.46. The predicted molar refractivity (Wildman–Crippen MR) is 110 cm³/mol. The average molecular weight is 532 g/mol. The molecule has 0 saturated carbocycles. The molecule has 7 nitrogen and oxygen atoms in total. The van der Waals surface area contributed by atoms with Crippen molar-refractivity contribution in [2.45, 2.75) is 29.6 Å². The molecule has 10 heteroatoms. The molecular weight excluding hydrogens is 514 g/mol. The molecule has 0 aromatic heterocycles. The average Bonchev–Trinajstić information content (AvgIpc) is 3.01. The van der Waals surface area contributed by atoms with Gasteiger partial charge in [-0.3, -0.25) is 0 Å². The molecule has 29 heavy (non-hydrogen) atoms. The fraction of sp³-hybridized carbons (Fsp3) is 0.316. The predicted octanol–water partition coefficient (Wildman–Crippen LogP) is 1.87. The number of hydrogen-bond acceptors (Lipinski definition) is 6. The van der Waals surface area contributed by atoms with Crippen molar-refractivity contribution in [3.05, 3.63) is 57.4 Å². The molecule has 1 fully saturated rings. The fourth-order valence-electron chi connectivity index (χ4n) is 3.10. The van der Waals surface area contributed by atoms with Crippen LogP contribution < -0.4 is 4.74 Å². The van der Waals surface area contributed by atoms with E-state index in [0.29, 0.717) is 0 Å². The summed E-state index contributed by atoms with van der Waals surface area (Å²) in [6.45, 7) is 0.705. The van der Waals surface area contributed by atoms with Crippen molar-refractivity contribution in [2.75, 3.05) is 13.1 Å². The third-order valence-corrected chi connectivity index (χ3v) is 7.42. The number of benzene rings is 2. The van der Waals surface area contributed by atoms with E-state index in [1.165, 1.54) is 31.2 Å². The van der Waals surface area contributed by atoms with E-state index in [1.54, 1.807) is 18.2 Å². The van der Waals surface area contributed by atoms with Crippen molar-refractivity contribution in [3.8, 4) is 11.8 Å². The Labute approximate surface area is 181 Å². The summed E-state index contributed by atoms with van der Waals surface area (Å²) in [5.74, 6) is -0.786. The summed E-state index contributed by atoms with van der Waals surface area (Å²) in [5, 5.41) is 29.9. The lowest BCUT2D eigenvalue weighted by atomic mass is 9.94. The standard InChI is InChI=1S/C19H18FIN2O5S/c1-12(24)19(25)11-23(29(26,27)16-6-3-14(21)4-7-16)10-18(19)28-15-5-2-13(9-22)17(20)8-15/h2-8,12,18,24-25H,10-11H2,1H3/t12-,18+,19-/m1/s1. The molecule has 2 aromatic carbocycles. The minimum Gasteiger partial charge on any atom is -0.486 e. The van der Waals surface area contributed by atoms with Crippen molar-refractivity contribution >= 4 is 32.6 Å². The van der Waals surface area contributed by atoms with Gasteiger partial charge >= 0.3 is 0 Å². The van der Waals surface area contributed by atoms with Gasteiger partial charge in [-0.2, -0.15) is 9.57 Å². The van der Waals surface area contributed by atoms with E-state index in [1.807, 2.05) is 0 Å². The highest BCUT2D eigenvalue weighted by Crippen LogP contribution is 2.33. The Morgan fingerprint density at radius 3 is 2.55 bits per heavy atom. The van der Waals surface area contributed by atoms with E-state index in [2.05, 4.69) is 22.6 Å². The summed E-state index contributed by atoms with van der Waals surface area (Å²) in [5.41, 5.74) is -2.07. The van der Waals surface area contributed by atoms with E-state index >= 15 is 0 Å². The van der Waals surface area contributed by atoms with Gasteiger partial charge in [-0.25, -0.2) is 12.8 Å².